The standard InChI is InChI=1S/C71H128O6/c1-4-7-10-13-16-19-22-25-28-31-33-34-35-36-37-38-39-41-43-46-49-52-55-58-61-64-70(73)76-67-68(66-75-69(72)63-60-57-54-51-48-45-42-30-27-24-21-18-15-12-9-6-3)77-71(74)65-62-59-56-53-50-47-44-40-32-29-26-23-20-17-14-11-8-5-2/h21-22,24-25,30-31,33,35-36,42,68H,4-20,23,26-29,32,34,37-41,43-67H2,1-3H3/b24-21-,25-22-,33-31-,36-35-,42-30-. The summed E-state index contributed by atoms with van der Waals surface area (Å²) >= 11 is 0. The molecule has 0 spiro atoms. The molecule has 0 N–H and O–H groups in total. The highest BCUT2D eigenvalue weighted by molar-refractivity contribution is 5.71. The number of allylic oxidation sites excluding steroid dienone is 10. The third-order valence-corrected chi connectivity index (χ3v) is 15.0. The van der Waals surface area contributed by atoms with Crippen LogP contribution >= 0.6 is 0 Å². The predicted molar refractivity (Wildman–Crippen MR) is 335 cm³/mol. The van der Waals surface area contributed by atoms with E-state index in [2.05, 4.69) is 81.5 Å². The molecular weight excluding hydrogens is 949 g/mol. The van der Waals surface area contributed by atoms with Gasteiger partial charge in [-0.3, -0.25) is 14.4 Å². The van der Waals surface area contributed by atoms with Crippen LogP contribution in [0.1, 0.15) is 355 Å². The van der Waals surface area contributed by atoms with Crippen LogP contribution in [0, 0.1) is 0 Å². The lowest BCUT2D eigenvalue weighted by molar-refractivity contribution is -0.167. The lowest BCUT2D eigenvalue weighted by atomic mass is 10.0. The number of carbonyl (C=O) groups is 3. The Balaban J connectivity index is 4.33. The van der Waals surface area contributed by atoms with Crippen molar-refractivity contribution in [2.24, 2.45) is 0 Å². The van der Waals surface area contributed by atoms with E-state index < -0.39 is 6.10 Å². The van der Waals surface area contributed by atoms with Crippen LogP contribution in [0.5, 0.6) is 0 Å². The SMILES string of the molecule is CCCCCC/C=C\C/C=C\CCCCCCCC(=O)OCC(COC(=O)CCCCCCCCCCCC/C=C\C/C=C\C/C=C\CCCCCCC)OC(=O)CCCCCCCCCCCCCCCCCCCC. The van der Waals surface area contributed by atoms with Crippen molar-refractivity contribution in [3.63, 3.8) is 0 Å². The molecule has 0 aliphatic rings. The molecule has 6 heteroatoms. The highest BCUT2D eigenvalue weighted by Crippen LogP contribution is 2.17. The Kier molecular flexibility index (Phi) is 63.2. The molecule has 0 heterocycles. The molecule has 0 aliphatic carbocycles. The number of hydrogen-bond donors (Lipinski definition) is 0. The molecule has 0 aromatic heterocycles. The summed E-state index contributed by atoms with van der Waals surface area (Å²) in [7, 11) is 0. The summed E-state index contributed by atoms with van der Waals surface area (Å²) in [4.78, 5) is 38.4. The van der Waals surface area contributed by atoms with Crippen molar-refractivity contribution in [2.45, 2.75) is 361 Å². The third kappa shape index (κ3) is 63.8. The molecule has 0 saturated heterocycles. The molecule has 77 heavy (non-hydrogen) atoms. The van der Waals surface area contributed by atoms with Gasteiger partial charge >= 0.3 is 17.9 Å². The van der Waals surface area contributed by atoms with Crippen LogP contribution in [0.25, 0.3) is 0 Å². The summed E-state index contributed by atoms with van der Waals surface area (Å²) in [5.41, 5.74) is 0. The largest absolute Gasteiger partial charge is 0.462 e. The van der Waals surface area contributed by atoms with Crippen LogP contribution < -0.4 is 0 Å². The Morgan fingerprint density at radius 3 is 0.740 bits per heavy atom. The lowest BCUT2D eigenvalue weighted by Crippen LogP contribution is -2.30. The van der Waals surface area contributed by atoms with E-state index in [0.717, 1.165) is 89.9 Å². The summed E-state index contributed by atoms with van der Waals surface area (Å²) in [6.07, 6.45) is 83.7. The van der Waals surface area contributed by atoms with Gasteiger partial charge in [0.15, 0.2) is 6.10 Å². The molecule has 0 rings (SSSR count). The first kappa shape index (κ1) is 74.1. The zero-order valence-electron chi connectivity index (χ0n) is 51.5. The van der Waals surface area contributed by atoms with E-state index in [1.165, 1.54) is 225 Å². The molecule has 1 unspecified atom stereocenters. The quantitative estimate of drug-likeness (QED) is 0.0261. The molecule has 0 bridgehead atoms. The first-order valence-electron chi connectivity index (χ1n) is 33.8. The fraction of sp³-hybridized carbons (Fsp3) is 0.817. The second kappa shape index (κ2) is 65.6. The minimum Gasteiger partial charge on any atom is -0.462 e. The van der Waals surface area contributed by atoms with Crippen LogP contribution in [-0.4, -0.2) is 37.2 Å². The highest BCUT2D eigenvalue weighted by atomic mass is 16.6. The minimum absolute atomic E-state index is 0.0775. The zero-order chi connectivity index (χ0) is 55.7. The molecule has 6 nitrogen and oxygen atoms in total. The van der Waals surface area contributed by atoms with Crippen molar-refractivity contribution in [3.05, 3.63) is 60.8 Å². The molecule has 0 amide bonds. The topological polar surface area (TPSA) is 78.9 Å². The van der Waals surface area contributed by atoms with Crippen molar-refractivity contribution in [1.82, 2.24) is 0 Å². The third-order valence-electron chi connectivity index (χ3n) is 15.0. The maximum Gasteiger partial charge on any atom is 0.306 e. The second-order valence-electron chi connectivity index (χ2n) is 22.7. The average Bonchev–Trinajstić information content (AvgIpc) is 3.43. The van der Waals surface area contributed by atoms with E-state index >= 15 is 0 Å². The van der Waals surface area contributed by atoms with Gasteiger partial charge in [-0.2, -0.15) is 0 Å². The van der Waals surface area contributed by atoms with Crippen molar-refractivity contribution in [1.29, 1.82) is 0 Å². The maximum absolute atomic E-state index is 12.9. The fourth-order valence-electron chi connectivity index (χ4n) is 9.89. The monoisotopic (exact) mass is 1080 g/mol. The summed E-state index contributed by atoms with van der Waals surface area (Å²) in [6, 6.07) is 0. The lowest BCUT2D eigenvalue weighted by Gasteiger charge is -2.18. The van der Waals surface area contributed by atoms with Crippen LogP contribution in [0.2, 0.25) is 0 Å². The van der Waals surface area contributed by atoms with E-state index in [1.807, 2.05) is 0 Å². The molecular formula is C71H128O6. The Hall–Kier alpha value is -2.89. The summed E-state index contributed by atoms with van der Waals surface area (Å²) in [5, 5.41) is 0. The van der Waals surface area contributed by atoms with Crippen molar-refractivity contribution < 1.29 is 28.6 Å². The van der Waals surface area contributed by atoms with Gasteiger partial charge in [0.25, 0.3) is 0 Å². The number of carbonyl (C=O) groups excluding carboxylic acids is 3. The first-order valence-corrected chi connectivity index (χ1v) is 33.8. The summed E-state index contributed by atoms with van der Waals surface area (Å²) in [5.74, 6) is -0.873. The normalized spacial score (nSPS) is 12.4. The summed E-state index contributed by atoms with van der Waals surface area (Å²) in [6.45, 7) is 6.65. The first-order chi connectivity index (χ1) is 38.0. The van der Waals surface area contributed by atoms with Crippen LogP contribution in [0.3, 0.4) is 0 Å². The molecule has 0 aliphatic heterocycles. The van der Waals surface area contributed by atoms with Crippen molar-refractivity contribution >= 4 is 17.9 Å². The molecule has 0 radical (unpaired) electrons. The van der Waals surface area contributed by atoms with Gasteiger partial charge in [-0.25, -0.2) is 0 Å². The van der Waals surface area contributed by atoms with E-state index in [0.29, 0.717) is 19.3 Å². The fourth-order valence-corrected chi connectivity index (χ4v) is 9.89. The van der Waals surface area contributed by atoms with Crippen LogP contribution in [0.4, 0.5) is 0 Å². The van der Waals surface area contributed by atoms with Gasteiger partial charge in [-0.1, -0.05) is 306 Å². The van der Waals surface area contributed by atoms with E-state index in [4.69, 9.17) is 14.2 Å². The van der Waals surface area contributed by atoms with Gasteiger partial charge < -0.3 is 14.2 Å². The molecule has 0 aromatic carbocycles. The minimum atomic E-state index is -0.781. The predicted octanol–water partition coefficient (Wildman–Crippen LogP) is 23.1. The van der Waals surface area contributed by atoms with Crippen LogP contribution in [0.15, 0.2) is 60.8 Å². The van der Waals surface area contributed by atoms with Gasteiger partial charge in [-0.05, 0) is 89.9 Å². The van der Waals surface area contributed by atoms with E-state index in [1.54, 1.807) is 0 Å². The molecule has 0 aromatic rings. The van der Waals surface area contributed by atoms with Gasteiger partial charge in [0.2, 0.25) is 0 Å². The Bertz CT molecular complexity index is 1380. The Morgan fingerprint density at radius 2 is 0.468 bits per heavy atom. The van der Waals surface area contributed by atoms with Crippen molar-refractivity contribution in [2.75, 3.05) is 13.2 Å². The van der Waals surface area contributed by atoms with Gasteiger partial charge in [-0.15, -0.1) is 0 Å². The van der Waals surface area contributed by atoms with Gasteiger partial charge in [0.1, 0.15) is 13.2 Å². The number of unbranched alkanes of at least 4 members (excludes halogenated alkanes) is 41. The number of ether oxygens (including phenoxy) is 3. The molecule has 0 fully saturated rings. The van der Waals surface area contributed by atoms with Gasteiger partial charge in [0, 0.05) is 19.3 Å². The Labute approximate surface area is 479 Å². The second-order valence-corrected chi connectivity index (χ2v) is 22.7. The Morgan fingerprint density at radius 1 is 0.260 bits per heavy atom. The van der Waals surface area contributed by atoms with E-state index in [9.17, 15) is 14.4 Å². The van der Waals surface area contributed by atoms with E-state index in [-0.39, 0.29) is 31.1 Å². The van der Waals surface area contributed by atoms with Crippen molar-refractivity contribution in [3.8, 4) is 0 Å². The average molecular weight is 1080 g/mol. The smallest absolute Gasteiger partial charge is 0.306 e. The molecule has 448 valence electrons. The highest BCUT2D eigenvalue weighted by Gasteiger charge is 2.19. The number of hydrogen-bond acceptors (Lipinski definition) is 6. The zero-order valence-corrected chi connectivity index (χ0v) is 51.5. The maximum atomic E-state index is 12.9. The van der Waals surface area contributed by atoms with Gasteiger partial charge in [0.05, 0.1) is 0 Å². The number of esters is 3. The molecule has 1 atom stereocenters. The summed E-state index contributed by atoms with van der Waals surface area (Å²) < 4.78 is 17.0. The van der Waals surface area contributed by atoms with Crippen LogP contribution in [-0.2, 0) is 28.6 Å². The molecule has 0 saturated carbocycles. The number of rotatable bonds is 62.